The molecule has 0 saturated carbocycles. The summed E-state index contributed by atoms with van der Waals surface area (Å²) >= 11 is 0. The SMILES string of the molecule is CNC(=O)c1[nH]cnc1C(=O)Nc1cccc([N+](=O)[O-])c1. The van der Waals surface area contributed by atoms with Gasteiger partial charge in [0.1, 0.15) is 5.69 Å². The lowest BCUT2D eigenvalue weighted by atomic mass is 10.2. The van der Waals surface area contributed by atoms with Crippen LogP contribution >= 0.6 is 0 Å². The molecule has 2 aromatic rings. The van der Waals surface area contributed by atoms with Gasteiger partial charge in [0.15, 0.2) is 5.69 Å². The molecule has 0 bridgehead atoms. The number of hydrogen-bond donors (Lipinski definition) is 3. The van der Waals surface area contributed by atoms with Crippen molar-refractivity contribution in [3.05, 3.63) is 52.1 Å². The standard InChI is InChI=1S/C12H11N5O4/c1-13-11(18)9-10(15-6-14-9)12(19)16-7-3-2-4-8(5-7)17(20)21/h2-6H,1H3,(H,13,18)(H,14,15)(H,16,19). The second-order valence-electron chi connectivity index (χ2n) is 3.97. The minimum atomic E-state index is -0.643. The van der Waals surface area contributed by atoms with Gasteiger partial charge in [-0.05, 0) is 6.07 Å². The summed E-state index contributed by atoms with van der Waals surface area (Å²) < 4.78 is 0. The minimum Gasteiger partial charge on any atom is -0.354 e. The van der Waals surface area contributed by atoms with Gasteiger partial charge in [-0.2, -0.15) is 0 Å². The van der Waals surface area contributed by atoms with Crippen LogP contribution in [0.1, 0.15) is 21.0 Å². The Bertz CT molecular complexity index is 709. The number of nitrogens with zero attached hydrogens (tertiary/aromatic N) is 2. The number of carbonyl (C=O) groups is 2. The first-order valence-corrected chi connectivity index (χ1v) is 5.84. The fraction of sp³-hybridized carbons (Fsp3) is 0.0833. The van der Waals surface area contributed by atoms with Crippen molar-refractivity contribution >= 4 is 23.2 Å². The number of rotatable bonds is 4. The third-order valence-electron chi connectivity index (χ3n) is 2.62. The predicted molar refractivity (Wildman–Crippen MR) is 73.0 cm³/mol. The van der Waals surface area contributed by atoms with E-state index in [0.717, 1.165) is 0 Å². The summed E-state index contributed by atoms with van der Waals surface area (Å²) in [5, 5.41) is 15.5. The van der Waals surface area contributed by atoms with E-state index in [1.807, 2.05) is 0 Å². The van der Waals surface area contributed by atoms with E-state index in [9.17, 15) is 19.7 Å². The van der Waals surface area contributed by atoms with Crippen LogP contribution in [0.5, 0.6) is 0 Å². The Morgan fingerprint density at radius 1 is 1.33 bits per heavy atom. The van der Waals surface area contributed by atoms with Gasteiger partial charge >= 0.3 is 0 Å². The maximum absolute atomic E-state index is 12.1. The summed E-state index contributed by atoms with van der Waals surface area (Å²) in [4.78, 5) is 40.0. The molecule has 1 aromatic carbocycles. The normalized spacial score (nSPS) is 9.95. The molecule has 3 N–H and O–H groups in total. The van der Waals surface area contributed by atoms with Gasteiger partial charge in [-0.25, -0.2) is 4.98 Å². The maximum Gasteiger partial charge on any atom is 0.276 e. The molecule has 2 rings (SSSR count). The zero-order valence-corrected chi connectivity index (χ0v) is 10.9. The van der Waals surface area contributed by atoms with E-state index >= 15 is 0 Å². The first-order valence-electron chi connectivity index (χ1n) is 5.84. The van der Waals surface area contributed by atoms with Crippen molar-refractivity contribution in [3.63, 3.8) is 0 Å². The molecule has 0 aliphatic carbocycles. The van der Waals surface area contributed by atoms with Crippen LogP contribution in [0.4, 0.5) is 11.4 Å². The molecule has 0 atom stereocenters. The number of aromatic nitrogens is 2. The molecule has 0 fully saturated rings. The summed E-state index contributed by atoms with van der Waals surface area (Å²) in [7, 11) is 1.42. The number of non-ortho nitro benzene ring substituents is 1. The van der Waals surface area contributed by atoms with E-state index in [0.29, 0.717) is 0 Å². The van der Waals surface area contributed by atoms with Crippen LogP contribution in [0.3, 0.4) is 0 Å². The molecule has 0 unspecified atom stereocenters. The highest BCUT2D eigenvalue weighted by Crippen LogP contribution is 2.18. The number of anilines is 1. The van der Waals surface area contributed by atoms with Gasteiger partial charge < -0.3 is 15.6 Å². The molecule has 1 aromatic heterocycles. The number of nitrogens with one attached hydrogen (secondary N) is 3. The van der Waals surface area contributed by atoms with Gasteiger partial charge in [0.25, 0.3) is 17.5 Å². The first kappa shape index (κ1) is 14.2. The molecule has 1 heterocycles. The van der Waals surface area contributed by atoms with E-state index in [1.54, 1.807) is 0 Å². The Morgan fingerprint density at radius 3 is 2.76 bits per heavy atom. The van der Waals surface area contributed by atoms with E-state index in [-0.39, 0.29) is 22.8 Å². The first-order chi connectivity index (χ1) is 10.0. The van der Waals surface area contributed by atoms with Crippen LogP contribution in [0.15, 0.2) is 30.6 Å². The number of aromatic amines is 1. The van der Waals surface area contributed by atoms with Gasteiger partial charge in [0.05, 0.1) is 11.3 Å². The topological polar surface area (TPSA) is 130 Å². The highest BCUT2D eigenvalue weighted by Gasteiger charge is 2.20. The van der Waals surface area contributed by atoms with Gasteiger partial charge in [-0.1, -0.05) is 6.07 Å². The molecule has 21 heavy (non-hydrogen) atoms. The number of benzene rings is 1. The van der Waals surface area contributed by atoms with Crippen LogP contribution in [0.2, 0.25) is 0 Å². The largest absolute Gasteiger partial charge is 0.354 e. The molecule has 108 valence electrons. The summed E-state index contributed by atoms with van der Waals surface area (Å²) in [6.07, 6.45) is 1.22. The van der Waals surface area contributed by atoms with E-state index in [4.69, 9.17) is 0 Å². The number of imidazole rings is 1. The molecule has 0 spiro atoms. The minimum absolute atomic E-state index is 0.0143. The Labute approximate surface area is 118 Å². The zero-order valence-electron chi connectivity index (χ0n) is 10.9. The molecule has 9 nitrogen and oxygen atoms in total. The quantitative estimate of drug-likeness (QED) is 0.569. The molecule has 9 heteroatoms. The van der Waals surface area contributed by atoms with Crippen molar-refractivity contribution < 1.29 is 14.5 Å². The lowest BCUT2D eigenvalue weighted by Crippen LogP contribution is -2.23. The second kappa shape index (κ2) is 5.82. The monoisotopic (exact) mass is 289 g/mol. The maximum atomic E-state index is 12.1. The van der Waals surface area contributed by atoms with Gasteiger partial charge in [0.2, 0.25) is 0 Å². The van der Waals surface area contributed by atoms with Crippen molar-refractivity contribution in [2.24, 2.45) is 0 Å². The Morgan fingerprint density at radius 2 is 2.10 bits per heavy atom. The summed E-state index contributed by atoms with van der Waals surface area (Å²) in [5.74, 6) is -1.13. The van der Waals surface area contributed by atoms with Crippen molar-refractivity contribution in [1.29, 1.82) is 0 Å². The number of hydrogen-bond acceptors (Lipinski definition) is 5. The summed E-state index contributed by atoms with van der Waals surface area (Å²) in [5.41, 5.74) is 0.00250. The molecule has 0 radical (unpaired) electrons. The Hall–Kier alpha value is -3.23. The highest BCUT2D eigenvalue weighted by atomic mass is 16.6. The molecular weight excluding hydrogens is 278 g/mol. The third-order valence-corrected chi connectivity index (χ3v) is 2.62. The lowest BCUT2D eigenvalue weighted by molar-refractivity contribution is -0.384. The van der Waals surface area contributed by atoms with Crippen LogP contribution in [0, 0.1) is 10.1 Å². The van der Waals surface area contributed by atoms with Crippen molar-refractivity contribution in [2.75, 3.05) is 12.4 Å². The van der Waals surface area contributed by atoms with Crippen molar-refractivity contribution in [3.8, 4) is 0 Å². The number of nitro benzene ring substituents is 1. The van der Waals surface area contributed by atoms with E-state index in [1.165, 1.54) is 37.6 Å². The van der Waals surface area contributed by atoms with Crippen LogP contribution in [-0.4, -0.2) is 33.8 Å². The third kappa shape index (κ3) is 3.03. The fourth-order valence-electron chi connectivity index (χ4n) is 1.65. The number of nitro groups is 1. The fourth-order valence-corrected chi connectivity index (χ4v) is 1.65. The van der Waals surface area contributed by atoms with Crippen LogP contribution in [0.25, 0.3) is 0 Å². The number of amides is 2. The zero-order chi connectivity index (χ0) is 15.4. The lowest BCUT2D eigenvalue weighted by Gasteiger charge is -2.04. The van der Waals surface area contributed by atoms with Gasteiger partial charge in [-0.3, -0.25) is 19.7 Å². The predicted octanol–water partition coefficient (Wildman–Crippen LogP) is 0.930. The highest BCUT2D eigenvalue weighted by molar-refractivity contribution is 6.10. The smallest absolute Gasteiger partial charge is 0.276 e. The van der Waals surface area contributed by atoms with Gasteiger partial charge in [0, 0.05) is 24.9 Å². The number of H-pyrrole nitrogens is 1. The second-order valence-corrected chi connectivity index (χ2v) is 3.97. The van der Waals surface area contributed by atoms with E-state index < -0.39 is 16.7 Å². The average Bonchev–Trinajstić information content (AvgIpc) is 2.96. The molecule has 2 amide bonds. The molecule has 0 aliphatic rings. The van der Waals surface area contributed by atoms with Crippen LogP contribution < -0.4 is 10.6 Å². The Kier molecular flexibility index (Phi) is 3.93. The van der Waals surface area contributed by atoms with Gasteiger partial charge in [-0.15, -0.1) is 0 Å². The molecule has 0 saturated heterocycles. The summed E-state index contributed by atoms with van der Waals surface area (Å²) in [6.45, 7) is 0. The average molecular weight is 289 g/mol. The van der Waals surface area contributed by atoms with Crippen LogP contribution in [-0.2, 0) is 0 Å². The molecule has 0 aliphatic heterocycles. The molecular formula is C12H11N5O4. The van der Waals surface area contributed by atoms with Crippen molar-refractivity contribution in [1.82, 2.24) is 15.3 Å². The Balaban J connectivity index is 2.23. The van der Waals surface area contributed by atoms with Crippen molar-refractivity contribution in [2.45, 2.75) is 0 Å². The van der Waals surface area contributed by atoms with E-state index in [2.05, 4.69) is 20.6 Å². The number of carbonyl (C=O) groups excluding carboxylic acids is 2. The summed E-state index contributed by atoms with van der Waals surface area (Å²) in [6, 6.07) is 5.46.